The lowest BCUT2D eigenvalue weighted by atomic mass is 10.2. The molecule has 9 nitrogen and oxygen atoms in total. The summed E-state index contributed by atoms with van der Waals surface area (Å²) < 4.78 is 16.1. The first-order valence-corrected chi connectivity index (χ1v) is 9.09. The van der Waals surface area contributed by atoms with E-state index in [1.54, 1.807) is 15.8 Å². The van der Waals surface area contributed by atoms with Gasteiger partial charge in [-0.2, -0.15) is 15.1 Å². The minimum absolute atomic E-state index is 0.0352. The van der Waals surface area contributed by atoms with Gasteiger partial charge in [-0.05, 0) is 19.4 Å². The van der Waals surface area contributed by atoms with Gasteiger partial charge in [0.2, 0.25) is 11.9 Å². The predicted molar refractivity (Wildman–Crippen MR) is 104 cm³/mol. The van der Waals surface area contributed by atoms with Crippen molar-refractivity contribution >= 4 is 34.4 Å². The molecule has 4 rings (SSSR count). The molecule has 0 saturated carbocycles. The Morgan fingerprint density at radius 1 is 1.50 bits per heavy atom. The number of fused-ring (bicyclic) bond motifs is 1. The Kier molecular flexibility index (Phi) is 4.68. The van der Waals surface area contributed by atoms with Crippen LogP contribution in [-0.2, 0) is 11.3 Å². The van der Waals surface area contributed by atoms with Crippen LogP contribution in [0.3, 0.4) is 0 Å². The summed E-state index contributed by atoms with van der Waals surface area (Å²) in [7, 11) is 0. The van der Waals surface area contributed by atoms with Gasteiger partial charge in [-0.25, -0.2) is 4.39 Å². The van der Waals surface area contributed by atoms with E-state index in [9.17, 15) is 9.18 Å². The van der Waals surface area contributed by atoms with Crippen LogP contribution in [0.25, 0.3) is 11.0 Å². The first-order chi connectivity index (χ1) is 13.6. The van der Waals surface area contributed by atoms with E-state index in [4.69, 9.17) is 0 Å². The number of carbonyl (C=O) groups is 1. The molecule has 1 fully saturated rings. The van der Waals surface area contributed by atoms with Gasteiger partial charge in [0.15, 0.2) is 5.82 Å². The number of hydrogen-bond donors (Lipinski definition) is 3. The second-order valence-corrected chi connectivity index (χ2v) is 6.58. The van der Waals surface area contributed by atoms with E-state index in [0.717, 1.165) is 18.7 Å². The highest BCUT2D eigenvalue weighted by Gasteiger charge is 2.26. The van der Waals surface area contributed by atoms with Gasteiger partial charge in [0.25, 0.3) is 0 Å². The number of hydrogen-bond acceptors (Lipinski definition) is 6. The summed E-state index contributed by atoms with van der Waals surface area (Å²) in [5, 5.41) is 10.9. The van der Waals surface area contributed by atoms with E-state index in [-0.39, 0.29) is 11.9 Å². The number of aromatic nitrogens is 5. The second kappa shape index (κ2) is 7.29. The predicted octanol–water partition coefficient (Wildman–Crippen LogP) is 2.26. The molecule has 10 heteroatoms. The quantitative estimate of drug-likeness (QED) is 0.563. The van der Waals surface area contributed by atoms with E-state index < -0.39 is 5.82 Å². The third kappa shape index (κ3) is 3.40. The van der Waals surface area contributed by atoms with Crippen LogP contribution < -0.4 is 10.6 Å². The van der Waals surface area contributed by atoms with Gasteiger partial charge in [-0.1, -0.05) is 6.58 Å². The Morgan fingerprint density at radius 3 is 3.11 bits per heavy atom. The van der Waals surface area contributed by atoms with Crippen LogP contribution in [0, 0.1) is 5.82 Å². The number of carbonyl (C=O) groups excluding carboxylic acids is 1. The van der Waals surface area contributed by atoms with Gasteiger partial charge in [0, 0.05) is 38.1 Å². The lowest BCUT2D eigenvalue weighted by Crippen LogP contribution is -2.30. The fourth-order valence-electron chi connectivity index (χ4n) is 3.29. The topological polar surface area (TPSA) is 104 Å². The van der Waals surface area contributed by atoms with E-state index in [0.29, 0.717) is 35.9 Å². The number of aryl methyl sites for hydroxylation is 1. The van der Waals surface area contributed by atoms with Crippen LogP contribution >= 0.6 is 0 Å². The van der Waals surface area contributed by atoms with E-state index in [2.05, 4.69) is 37.3 Å². The van der Waals surface area contributed by atoms with Gasteiger partial charge in [-0.3, -0.25) is 9.48 Å². The number of nitrogens with one attached hydrogen (secondary N) is 3. The molecule has 0 radical (unpaired) electrons. The maximum absolute atomic E-state index is 14.3. The summed E-state index contributed by atoms with van der Waals surface area (Å²) in [5.41, 5.74) is 1.13. The smallest absolute Gasteiger partial charge is 0.246 e. The van der Waals surface area contributed by atoms with Crippen molar-refractivity contribution in [3.8, 4) is 0 Å². The zero-order valence-electron chi connectivity index (χ0n) is 15.4. The largest absolute Gasteiger partial charge is 0.365 e. The van der Waals surface area contributed by atoms with Crippen LogP contribution in [0.15, 0.2) is 31.2 Å². The van der Waals surface area contributed by atoms with Gasteiger partial charge in [0.1, 0.15) is 11.5 Å². The highest BCUT2D eigenvalue weighted by atomic mass is 19.1. The second-order valence-electron chi connectivity index (χ2n) is 6.58. The maximum Gasteiger partial charge on any atom is 0.246 e. The Bertz CT molecular complexity index is 1030. The number of H-pyrrole nitrogens is 1. The molecule has 4 heterocycles. The molecule has 1 aliphatic rings. The molecular weight excluding hydrogens is 363 g/mol. The van der Waals surface area contributed by atoms with Crippen molar-refractivity contribution in [3.63, 3.8) is 0 Å². The molecule has 146 valence electrons. The standard InChI is InChI=1S/C18H21FN8O/c1-3-14(28)26-6-5-11(9-26)22-17-15-13(19)8-20-16(15)24-18(25-17)23-12-7-21-27(4-2)10-12/h3,7-8,10-11H,1,4-6,9H2,2H3,(H3,20,22,23,24,25)/t11-/m1/s1. The molecule has 3 aromatic rings. The number of halogens is 1. The molecule has 3 N–H and O–H groups in total. The zero-order chi connectivity index (χ0) is 19.7. The molecule has 1 saturated heterocycles. The minimum atomic E-state index is -0.431. The molecule has 28 heavy (non-hydrogen) atoms. The maximum atomic E-state index is 14.3. The lowest BCUT2D eigenvalue weighted by Gasteiger charge is -2.16. The number of anilines is 3. The van der Waals surface area contributed by atoms with E-state index in [1.165, 1.54) is 12.3 Å². The van der Waals surface area contributed by atoms with Crippen molar-refractivity contribution < 1.29 is 9.18 Å². The minimum Gasteiger partial charge on any atom is -0.365 e. The summed E-state index contributed by atoms with van der Waals surface area (Å²) in [4.78, 5) is 25.1. The SMILES string of the molecule is C=CC(=O)N1CC[C@@H](Nc2nc(Nc3cnn(CC)c3)nc3[nH]cc(F)c23)C1. The normalized spacial score (nSPS) is 16.5. The summed E-state index contributed by atoms with van der Waals surface area (Å²) in [6.07, 6.45) is 6.81. The third-order valence-corrected chi connectivity index (χ3v) is 4.71. The molecule has 0 bridgehead atoms. The average Bonchev–Trinajstić information content (AvgIpc) is 3.42. The van der Waals surface area contributed by atoms with Crippen molar-refractivity contribution in [1.82, 2.24) is 29.6 Å². The lowest BCUT2D eigenvalue weighted by molar-refractivity contribution is -0.125. The van der Waals surface area contributed by atoms with Gasteiger partial charge < -0.3 is 20.5 Å². The number of nitrogens with zero attached hydrogens (tertiary/aromatic N) is 5. The Hall–Kier alpha value is -3.43. The molecule has 0 unspecified atom stereocenters. The van der Waals surface area contributed by atoms with Crippen molar-refractivity contribution in [2.45, 2.75) is 25.9 Å². The monoisotopic (exact) mass is 384 g/mol. The van der Waals surface area contributed by atoms with Crippen molar-refractivity contribution in [2.24, 2.45) is 0 Å². The van der Waals surface area contributed by atoms with E-state index in [1.807, 2.05) is 13.1 Å². The van der Waals surface area contributed by atoms with Crippen LogP contribution in [0.2, 0.25) is 0 Å². The summed E-state index contributed by atoms with van der Waals surface area (Å²) >= 11 is 0. The summed E-state index contributed by atoms with van der Waals surface area (Å²) in [5.74, 6) is 0.164. The molecule has 1 atom stereocenters. The molecule has 0 spiro atoms. The molecule has 1 aliphatic heterocycles. The fraction of sp³-hybridized carbons (Fsp3) is 0.333. The number of aromatic amines is 1. The Morgan fingerprint density at radius 2 is 2.36 bits per heavy atom. The van der Waals surface area contributed by atoms with E-state index >= 15 is 0 Å². The van der Waals surface area contributed by atoms with Crippen LogP contribution in [-0.4, -0.2) is 54.7 Å². The molecule has 1 amide bonds. The molecule has 0 aliphatic carbocycles. The number of likely N-dealkylation sites (tertiary alicyclic amines) is 1. The van der Waals surface area contributed by atoms with Crippen LogP contribution in [0.1, 0.15) is 13.3 Å². The number of amides is 1. The van der Waals surface area contributed by atoms with Crippen molar-refractivity contribution in [2.75, 3.05) is 23.7 Å². The van der Waals surface area contributed by atoms with Gasteiger partial charge in [0.05, 0.1) is 17.3 Å². The zero-order valence-corrected chi connectivity index (χ0v) is 15.4. The van der Waals surface area contributed by atoms with Gasteiger partial charge >= 0.3 is 0 Å². The highest BCUT2D eigenvalue weighted by Crippen LogP contribution is 2.27. The Labute approximate surface area is 160 Å². The third-order valence-electron chi connectivity index (χ3n) is 4.71. The van der Waals surface area contributed by atoms with Crippen molar-refractivity contribution in [3.05, 3.63) is 37.1 Å². The van der Waals surface area contributed by atoms with Gasteiger partial charge in [-0.15, -0.1) is 0 Å². The molecule has 0 aromatic carbocycles. The Balaban J connectivity index is 1.60. The molecule has 3 aromatic heterocycles. The fourth-order valence-corrected chi connectivity index (χ4v) is 3.29. The highest BCUT2D eigenvalue weighted by molar-refractivity contribution is 5.89. The number of rotatable bonds is 6. The van der Waals surface area contributed by atoms with Crippen molar-refractivity contribution in [1.29, 1.82) is 0 Å². The summed E-state index contributed by atoms with van der Waals surface area (Å²) in [6, 6.07) is -0.0352. The first kappa shape index (κ1) is 18.0. The van der Waals surface area contributed by atoms with Crippen LogP contribution in [0.4, 0.5) is 21.8 Å². The first-order valence-electron chi connectivity index (χ1n) is 9.09. The van der Waals surface area contributed by atoms with Crippen LogP contribution in [0.5, 0.6) is 0 Å². The molecular formula is C18H21FN8O. The average molecular weight is 384 g/mol. The summed E-state index contributed by atoms with van der Waals surface area (Å²) in [6.45, 7) is 7.38.